The maximum atomic E-state index is 13.1. The normalized spacial score (nSPS) is 12.0. The zero-order valence-corrected chi connectivity index (χ0v) is 14.2. The predicted octanol–water partition coefficient (Wildman–Crippen LogP) is 3.43. The van der Waals surface area contributed by atoms with Crippen LogP contribution in [0.4, 0.5) is 4.39 Å². The van der Waals surface area contributed by atoms with Gasteiger partial charge in [0.25, 0.3) is 5.91 Å². The molecule has 0 bridgehead atoms. The summed E-state index contributed by atoms with van der Waals surface area (Å²) < 4.78 is 18.2. The minimum atomic E-state index is -0.904. The van der Waals surface area contributed by atoms with Crippen LogP contribution in [0.2, 0.25) is 0 Å². The average Bonchev–Trinajstić information content (AvgIpc) is 2.60. The van der Waals surface area contributed by atoms with Gasteiger partial charge in [-0.15, -0.1) is 0 Å². The SMILES string of the molecule is C[C@@H](OC(=O)/C=C/c1cccc(F)c1)C(=O)N(C)Cc1ccccc1. The van der Waals surface area contributed by atoms with Gasteiger partial charge in [0.05, 0.1) is 0 Å². The molecular formula is C20H20FNO3. The van der Waals surface area contributed by atoms with E-state index >= 15 is 0 Å². The standard InChI is InChI=1S/C20H20FNO3/c1-15(20(24)22(2)14-17-7-4-3-5-8-17)25-19(23)12-11-16-9-6-10-18(21)13-16/h3-13,15H,14H2,1-2H3/b12-11+/t15-/m1/s1. The van der Waals surface area contributed by atoms with Gasteiger partial charge in [-0.2, -0.15) is 0 Å². The van der Waals surface area contributed by atoms with E-state index in [4.69, 9.17) is 4.74 Å². The van der Waals surface area contributed by atoms with Gasteiger partial charge in [-0.3, -0.25) is 4.79 Å². The molecule has 0 fully saturated rings. The van der Waals surface area contributed by atoms with Crippen LogP contribution in [0, 0.1) is 5.82 Å². The van der Waals surface area contributed by atoms with Crippen molar-refractivity contribution in [2.45, 2.75) is 19.6 Å². The predicted molar refractivity (Wildman–Crippen MR) is 93.9 cm³/mol. The molecule has 0 aliphatic rings. The van der Waals surface area contributed by atoms with Crippen molar-refractivity contribution in [3.8, 4) is 0 Å². The Labute approximate surface area is 146 Å². The van der Waals surface area contributed by atoms with Crippen molar-refractivity contribution in [3.63, 3.8) is 0 Å². The molecule has 0 aliphatic heterocycles. The van der Waals surface area contributed by atoms with Crippen LogP contribution in [0.5, 0.6) is 0 Å². The number of amides is 1. The maximum Gasteiger partial charge on any atom is 0.331 e. The largest absolute Gasteiger partial charge is 0.449 e. The molecule has 1 amide bonds. The van der Waals surface area contributed by atoms with E-state index in [1.807, 2.05) is 30.3 Å². The van der Waals surface area contributed by atoms with E-state index in [1.54, 1.807) is 19.2 Å². The van der Waals surface area contributed by atoms with Crippen LogP contribution >= 0.6 is 0 Å². The second kappa shape index (κ2) is 8.78. The number of rotatable bonds is 6. The number of hydrogen-bond acceptors (Lipinski definition) is 3. The third-order valence-corrected chi connectivity index (χ3v) is 3.54. The summed E-state index contributed by atoms with van der Waals surface area (Å²) in [4.78, 5) is 25.6. The summed E-state index contributed by atoms with van der Waals surface area (Å²) in [6, 6.07) is 15.4. The summed E-state index contributed by atoms with van der Waals surface area (Å²) in [5.74, 6) is -1.34. The highest BCUT2D eigenvalue weighted by Gasteiger charge is 2.20. The number of carbonyl (C=O) groups is 2. The van der Waals surface area contributed by atoms with Gasteiger partial charge in [-0.1, -0.05) is 42.5 Å². The van der Waals surface area contributed by atoms with Crippen LogP contribution in [0.15, 0.2) is 60.7 Å². The highest BCUT2D eigenvalue weighted by Crippen LogP contribution is 2.08. The molecule has 0 heterocycles. The lowest BCUT2D eigenvalue weighted by Gasteiger charge is -2.21. The van der Waals surface area contributed by atoms with E-state index in [0.29, 0.717) is 12.1 Å². The van der Waals surface area contributed by atoms with Crippen molar-refractivity contribution in [2.75, 3.05) is 7.05 Å². The molecule has 130 valence electrons. The van der Waals surface area contributed by atoms with Gasteiger partial charge < -0.3 is 9.64 Å². The summed E-state index contributed by atoms with van der Waals surface area (Å²) in [5.41, 5.74) is 1.53. The molecule has 0 aliphatic carbocycles. The van der Waals surface area contributed by atoms with E-state index < -0.39 is 12.1 Å². The first-order chi connectivity index (χ1) is 12.0. The first-order valence-electron chi connectivity index (χ1n) is 7.89. The Balaban J connectivity index is 1.88. The third kappa shape index (κ3) is 5.88. The van der Waals surface area contributed by atoms with Gasteiger partial charge >= 0.3 is 5.97 Å². The quantitative estimate of drug-likeness (QED) is 0.597. The van der Waals surface area contributed by atoms with Gasteiger partial charge in [-0.25, -0.2) is 9.18 Å². The summed E-state index contributed by atoms with van der Waals surface area (Å²) in [6.45, 7) is 1.96. The Morgan fingerprint density at radius 2 is 1.88 bits per heavy atom. The fourth-order valence-corrected chi connectivity index (χ4v) is 2.28. The van der Waals surface area contributed by atoms with Crippen LogP contribution in [0.3, 0.4) is 0 Å². The lowest BCUT2D eigenvalue weighted by Crippen LogP contribution is -2.36. The van der Waals surface area contributed by atoms with Gasteiger partial charge in [-0.05, 0) is 36.3 Å². The van der Waals surface area contributed by atoms with Crippen LogP contribution in [-0.2, 0) is 20.9 Å². The van der Waals surface area contributed by atoms with Crippen LogP contribution in [0.1, 0.15) is 18.1 Å². The van der Waals surface area contributed by atoms with E-state index in [1.165, 1.54) is 36.1 Å². The molecule has 0 spiro atoms. The van der Waals surface area contributed by atoms with E-state index in [2.05, 4.69) is 0 Å². The van der Waals surface area contributed by atoms with E-state index in [-0.39, 0.29) is 11.7 Å². The number of likely N-dealkylation sites (N-methyl/N-ethyl adjacent to an activating group) is 1. The van der Waals surface area contributed by atoms with Gasteiger partial charge in [0, 0.05) is 19.7 Å². The van der Waals surface area contributed by atoms with Gasteiger partial charge in [0.2, 0.25) is 0 Å². The number of esters is 1. The average molecular weight is 341 g/mol. The van der Waals surface area contributed by atoms with Crippen LogP contribution in [0.25, 0.3) is 6.08 Å². The molecule has 2 rings (SSSR count). The summed E-state index contributed by atoms with van der Waals surface area (Å²) in [5, 5.41) is 0. The second-order valence-corrected chi connectivity index (χ2v) is 5.65. The van der Waals surface area contributed by atoms with Crippen LogP contribution < -0.4 is 0 Å². The molecule has 2 aromatic carbocycles. The van der Waals surface area contributed by atoms with Crippen molar-refractivity contribution in [2.24, 2.45) is 0 Å². The van der Waals surface area contributed by atoms with Crippen LogP contribution in [-0.4, -0.2) is 29.9 Å². The Bertz CT molecular complexity index is 759. The maximum absolute atomic E-state index is 13.1. The molecular weight excluding hydrogens is 321 g/mol. The third-order valence-electron chi connectivity index (χ3n) is 3.54. The molecule has 0 unspecified atom stereocenters. The lowest BCUT2D eigenvalue weighted by molar-refractivity contribution is -0.154. The first kappa shape index (κ1) is 18.4. The zero-order valence-electron chi connectivity index (χ0n) is 14.2. The van der Waals surface area contributed by atoms with E-state index in [0.717, 1.165) is 5.56 Å². The molecule has 5 heteroatoms. The highest BCUT2D eigenvalue weighted by molar-refractivity contribution is 5.90. The van der Waals surface area contributed by atoms with Crippen molar-refractivity contribution in [1.82, 2.24) is 4.90 Å². The van der Waals surface area contributed by atoms with E-state index in [9.17, 15) is 14.0 Å². The zero-order chi connectivity index (χ0) is 18.2. The Hall–Kier alpha value is -2.95. The topological polar surface area (TPSA) is 46.6 Å². The number of halogens is 1. The van der Waals surface area contributed by atoms with Gasteiger partial charge in [0.15, 0.2) is 6.10 Å². The second-order valence-electron chi connectivity index (χ2n) is 5.65. The molecule has 0 saturated carbocycles. The molecule has 2 aromatic rings. The van der Waals surface area contributed by atoms with Crippen molar-refractivity contribution < 1.29 is 18.7 Å². The minimum Gasteiger partial charge on any atom is -0.449 e. The summed E-state index contributed by atoms with van der Waals surface area (Å²) in [7, 11) is 1.66. The monoisotopic (exact) mass is 341 g/mol. The summed E-state index contributed by atoms with van der Waals surface area (Å²) >= 11 is 0. The molecule has 0 N–H and O–H groups in total. The molecule has 0 radical (unpaired) electrons. The first-order valence-corrected chi connectivity index (χ1v) is 7.89. The van der Waals surface area contributed by atoms with Gasteiger partial charge in [0.1, 0.15) is 5.82 Å². The number of nitrogens with zero attached hydrogens (tertiary/aromatic N) is 1. The Kier molecular flexibility index (Phi) is 6.46. The Morgan fingerprint density at radius 3 is 2.56 bits per heavy atom. The summed E-state index contributed by atoms with van der Waals surface area (Å²) in [6.07, 6.45) is 1.71. The molecule has 25 heavy (non-hydrogen) atoms. The number of benzene rings is 2. The smallest absolute Gasteiger partial charge is 0.331 e. The molecule has 0 aromatic heterocycles. The van der Waals surface area contributed by atoms with Crippen molar-refractivity contribution in [1.29, 1.82) is 0 Å². The Morgan fingerprint density at radius 1 is 1.16 bits per heavy atom. The fraction of sp³-hybridized carbons (Fsp3) is 0.200. The van der Waals surface area contributed by atoms with Crippen molar-refractivity contribution >= 4 is 18.0 Å². The minimum absolute atomic E-state index is 0.295. The highest BCUT2D eigenvalue weighted by atomic mass is 19.1. The number of ether oxygens (including phenoxy) is 1. The lowest BCUT2D eigenvalue weighted by atomic mass is 10.2. The number of hydrogen-bond donors (Lipinski definition) is 0. The van der Waals surface area contributed by atoms with Crippen molar-refractivity contribution in [3.05, 3.63) is 77.6 Å². The molecule has 0 saturated heterocycles. The molecule has 4 nitrogen and oxygen atoms in total. The fourth-order valence-electron chi connectivity index (χ4n) is 2.28. The number of carbonyl (C=O) groups excluding carboxylic acids is 2. The molecule has 1 atom stereocenters.